The lowest BCUT2D eigenvalue weighted by Gasteiger charge is -2.34. The highest BCUT2D eigenvalue weighted by Crippen LogP contribution is 2.26. The molecule has 1 aromatic heterocycles. The van der Waals surface area contributed by atoms with Crippen LogP contribution in [-0.4, -0.2) is 36.9 Å². The molecule has 0 aromatic carbocycles. The summed E-state index contributed by atoms with van der Waals surface area (Å²) in [5.41, 5.74) is 0.877. The Kier molecular flexibility index (Phi) is 4.97. The molecule has 0 saturated carbocycles. The van der Waals surface area contributed by atoms with Crippen molar-refractivity contribution in [1.29, 1.82) is 0 Å². The van der Waals surface area contributed by atoms with Crippen molar-refractivity contribution >= 4 is 21.7 Å². The summed E-state index contributed by atoms with van der Waals surface area (Å²) < 4.78 is 6.14. The highest BCUT2D eigenvalue weighted by Gasteiger charge is 2.22. The van der Waals surface area contributed by atoms with Gasteiger partial charge in [0.05, 0.1) is 13.2 Å². The summed E-state index contributed by atoms with van der Waals surface area (Å²) >= 11 is 3.39. The first kappa shape index (κ1) is 13.8. The van der Waals surface area contributed by atoms with Gasteiger partial charge in [0.2, 0.25) is 0 Å². The maximum Gasteiger partial charge on any atom is 0.134 e. The molecular weight excluding hydrogens is 296 g/mol. The Morgan fingerprint density at radius 2 is 2.44 bits per heavy atom. The Morgan fingerprint density at radius 1 is 1.61 bits per heavy atom. The van der Waals surface area contributed by atoms with Gasteiger partial charge in [-0.2, -0.15) is 0 Å². The van der Waals surface area contributed by atoms with Crippen molar-refractivity contribution in [2.45, 2.75) is 19.4 Å². The van der Waals surface area contributed by atoms with Gasteiger partial charge in [-0.05, 0) is 40.8 Å². The maximum atomic E-state index is 9.43. The quantitative estimate of drug-likeness (QED) is 0.925. The van der Waals surface area contributed by atoms with Crippen LogP contribution in [0, 0.1) is 5.92 Å². The monoisotopic (exact) mass is 314 g/mol. The summed E-state index contributed by atoms with van der Waals surface area (Å²) in [6.07, 6.45) is 4.14. The molecule has 1 atom stereocenters. The van der Waals surface area contributed by atoms with Crippen molar-refractivity contribution in [2.75, 3.05) is 31.7 Å². The highest BCUT2D eigenvalue weighted by atomic mass is 79.9. The zero-order valence-electron chi connectivity index (χ0n) is 10.6. The second-order valence-corrected chi connectivity index (χ2v) is 5.62. The molecule has 100 valence electrons. The lowest BCUT2D eigenvalue weighted by molar-refractivity contribution is 0.143. The van der Waals surface area contributed by atoms with E-state index in [0.29, 0.717) is 5.92 Å². The van der Waals surface area contributed by atoms with E-state index >= 15 is 0 Å². The van der Waals surface area contributed by atoms with E-state index < -0.39 is 0 Å². The number of aromatic nitrogens is 1. The number of rotatable bonds is 4. The van der Waals surface area contributed by atoms with Gasteiger partial charge >= 0.3 is 0 Å². The molecule has 1 fully saturated rings. The van der Waals surface area contributed by atoms with Gasteiger partial charge in [0.1, 0.15) is 5.82 Å². The van der Waals surface area contributed by atoms with Crippen molar-refractivity contribution in [2.24, 2.45) is 5.92 Å². The van der Waals surface area contributed by atoms with Gasteiger partial charge in [-0.25, -0.2) is 4.98 Å². The first-order chi connectivity index (χ1) is 8.74. The van der Waals surface area contributed by atoms with E-state index in [2.05, 4.69) is 25.8 Å². The third kappa shape index (κ3) is 3.22. The number of piperidine rings is 1. The van der Waals surface area contributed by atoms with Gasteiger partial charge in [0.15, 0.2) is 0 Å². The molecule has 18 heavy (non-hydrogen) atoms. The Hall–Kier alpha value is -0.650. The number of anilines is 1. The molecule has 1 aliphatic rings. The number of ether oxygens (including phenoxy) is 1. The zero-order valence-corrected chi connectivity index (χ0v) is 12.2. The molecule has 1 N–H and O–H groups in total. The van der Waals surface area contributed by atoms with Crippen molar-refractivity contribution in [3.05, 3.63) is 22.3 Å². The SMILES string of the molecule is COCC1CCCN(c2ncc(Br)cc2CO)C1. The molecular formula is C13H19BrN2O2. The molecule has 1 aliphatic heterocycles. The Balaban J connectivity index is 2.15. The van der Waals surface area contributed by atoms with Crippen LogP contribution in [0.1, 0.15) is 18.4 Å². The van der Waals surface area contributed by atoms with E-state index in [1.807, 2.05) is 6.07 Å². The number of hydrogen-bond donors (Lipinski definition) is 1. The molecule has 0 spiro atoms. The van der Waals surface area contributed by atoms with E-state index in [1.54, 1.807) is 13.3 Å². The first-order valence-electron chi connectivity index (χ1n) is 6.23. The second-order valence-electron chi connectivity index (χ2n) is 4.70. The van der Waals surface area contributed by atoms with Crippen LogP contribution in [0.15, 0.2) is 16.7 Å². The molecule has 0 bridgehead atoms. The standard InChI is InChI=1S/C13H19BrN2O2/c1-18-9-10-3-2-4-16(7-10)13-11(8-17)5-12(14)6-15-13/h5-6,10,17H,2-4,7-9H2,1H3. The maximum absolute atomic E-state index is 9.43. The molecule has 0 aliphatic carbocycles. The Labute approximate surface area is 116 Å². The topological polar surface area (TPSA) is 45.6 Å². The molecule has 2 rings (SSSR count). The Bertz CT molecular complexity index is 399. The fourth-order valence-electron chi connectivity index (χ4n) is 2.50. The average Bonchev–Trinajstić information content (AvgIpc) is 2.39. The summed E-state index contributed by atoms with van der Waals surface area (Å²) in [4.78, 5) is 6.70. The molecule has 0 amide bonds. The fourth-order valence-corrected chi connectivity index (χ4v) is 2.88. The van der Waals surface area contributed by atoms with Crippen molar-refractivity contribution in [3.8, 4) is 0 Å². The molecule has 5 heteroatoms. The van der Waals surface area contributed by atoms with Crippen LogP contribution in [0.25, 0.3) is 0 Å². The van der Waals surface area contributed by atoms with Crippen LogP contribution in [-0.2, 0) is 11.3 Å². The highest BCUT2D eigenvalue weighted by molar-refractivity contribution is 9.10. The summed E-state index contributed by atoms with van der Waals surface area (Å²) in [5, 5.41) is 9.43. The van der Waals surface area contributed by atoms with Crippen LogP contribution >= 0.6 is 15.9 Å². The Morgan fingerprint density at radius 3 is 3.17 bits per heavy atom. The van der Waals surface area contributed by atoms with Gasteiger partial charge in [-0.3, -0.25) is 0 Å². The molecule has 0 radical (unpaired) electrons. The predicted molar refractivity (Wildman–Crippen MR) is 74.7 cm³/mol. The number of pyridine rings is 1. The van der Waals surface area contributed by atoms with Crippen molar-refractivity contribution in [3.63, 3.8) is 0 Å². The molecule has 1 aromatic rings. The number of halogens is 1. The van der Waals surface area contributed by atoms with E-state index in [9.17, 15) is 5.11 Å². The molecule has 4 nitrogen and oxygen atoms in total. The van der Waals surface area contributed by atoms with Gasteiger partial charge in [0.25, 0.3) is 0 Å². The number of methoxy groups -OCH3 is 1. The first-order valence-corrected chi connectivity index (χ1v) is 7.03. The minimum atomic E-state index is 0.0210. The van der Waals surface area contributed by atoms with Gasteiger partial charge < -0.3 is 14.7 Å². The van der Waals surface area contributed by atoms with Crippen LogP contribution in [0.4, 0.5) is 5.82 Å². The largest absolute Gasteiger partial charge is 0.392 e. The number of hydrogen-bond acceptors (Lipinski definition) is 4. The summed E-state index contributed by atoms with van der Waals surface area (Å²) in [7, 11) is 1.75. The van der Waals surface area contributed by atoms with E-state index in [0.717, 1.165) is 42.0 Å². The van der Waals surface area contributed by atoms with Gasteiger partial charge in [0, 0.05) is 36.4 Å². The normalized spacial score (nSPS) is 20.2. The summed E-state index contributed by atoms with van der Waals surface area (Å²) in [6, 6.07) is 1.93. The van der Waals surface area contributed by atoms with Crippen LogP contribution < -0.4 is 4.90 Å². The average molecular weight is 315 g/mol. The van der Waals surface area contributed by atoms with Crippen molar-refractivity contribution < 1.29 is 9.84 Å². The molecule has 1 saturated heterocycles. The number of nitrogens with zero attached hydrogens (tertiary/aromatic N) is 2. The third-order valence-electron chi connectivity index (χ3n) is 3.30. The smallest absolute Gasteiger partial charge is 0.134 e. The summed E-state index contributed by atoms with van der Waals surface area (Å²) in [5.74, 6) is 1.46. The number of aliphatic hydroxyl groups excluding tert-OH is 1. The molecule has 2 heterocycles. The van der Waals surface area contributed by atoms with Gasteiger partial charge in [-0.1, -0.05) is 0 Å². The van der Waals surface area contributed by atoms with Crippen LogP contribution in [0.2, 0.25) is 0 Å². The van der Waals surface area contributed by atoms with E-state index in [-0.39, 0.29) is 6.61 Å². The molecule has 1 unspecified atom stereocenters. The number of aliphatic hydroxyl groups is 1. The van der Waals surface area contributed by atoms with Gasteiger partial charge in [-0.15, -0.1) is 0 Å². The second kappa shape index (κ2) is 6.50. The van der Waals surface area contributed by atoms with Crippen LogP contribution in [0.5, 0.6) is 0 Å². The zero-order chi connectivity index (χ0) is 13.0. The minimum absolute atomic E-state index is 0.0210. The predicted octanol–water partition coefficient (Wildman–Crippen LogP) is 2.20. The van der Waals surface area contributed by atoms with Crippen LogP contribution in [0.3, 0.4) is 0 Å². The van der Waals surface area contributed by atoms with E-state index in [1.165, 1.54) is 6.42 Å². The van der Waals surface area contributed by atoms with E-state index in [4.69, 9.17) is 4.74 Å². The lowest BCUT2D eigenvalue weighted by Crippen LogP contribution is -2.38. The lowest BCUT2D eigenvalue weighted by atomic mass is 9.98. The minimum Gasteiger partial charge on any atom is -0.392 e. The summed E-state index contributed by atoms with van der Waals surface area (Å²) in [6.45, 7) is 2.77. The fraction of sp³-hybridized carbons (Fsp3) is 0.615. The third-order valence-corrected chi connectivity index (χ3v) is 3.73. The van der Waals surface area contributed by atoms with Crippen molar-refractivity contribution in [1.82, 2.24) is 4.98 Å².